The highest BCUT2D eigenvalue weighted by Gasteiger charge is 2.02. The third kappa shape index (κ3) is 8.68. The Bertz CT molecular complexity index is 147. The fourth-order valence-electron chi connectivity index (χ4n) is 1.90. The molecule has 0 fully saturated rings. The van der Waals surface area contributed by atoms with E-state index in [0.29, 0.717) is 6.04 Å². The summed E-state index contributed by atoms with van der Waals surface area (Å²) in [4.78, 5) is 0. The van der Waals surface area contributed by atoms with E-state index >= 15 is 0 Å². The van der Waals surface area contributed by atoms with Crippen LogP contribution in [0.2, 0.25) is 0 Å². The van der Waals surface area contributed by atoms with E-state index in [1.165, 1.54) is 56.9 Å². The Hall–Kier alpha value is -0.300. The molecular weight excluding hydrogens is 182 g/mol. The first-order valence-electron chi connectivity index (χ1n) is 6.58. The smallest absolute Gasteiger partial charge is 0.00615 e. The zero-order valence-corrected chi connectivity index (χ0v) is 10.9. The standard InChI is InChI=1S/C14H29N/c1-5-7-8-10-13(3)11-9-12-14(6-2)15-4/h14-15H,3,5-12H2,1-2,4H3. The molecule has 0 amide bonds. The molecule has 0 aliphatic carbocycles. The first-order chi connectivity index (χ1) is 7.24. The lowest BCUT2D eigenvalue weighted by atomic mass is 10.0. The first-order valence-corrected chi connectivity index (χ1v) is 6.58. The fourth-order valence-corrected chi connectivity index (χ4v) is 1.90. The Labute approximate surface area is 96.3 Å². The molecule has 0 bridgehead atoms. The van der Waals surface area contributed by atoms with Crippen molar-refractivity contribution in [2.75, 3.05) is 7.05 Å². The zero-order valence-electron chi connectivity index (χ0n) is 10.9. The van der Waals surface area contributed by atoms with E-state index in [2.05, 4.69) is 32.8 Å². The van der Waals surface area contributed by atoms with Crippen molar-refractivity contribution in [2.45, 2.75) is 71.3 Å². The summed E-state index contributed by atoms with van der Waals surface area (Å²) in [7, 11) is 2.06. The van der Waals surface area contributed by atoms with Crippen molar-refractivity contribution in [2.24, 2.45) is 0 Å². The number of unbranched alkanes of at least 4 members (excludes halogenated alkanes) is 2. The van der Waals surface area contributed by atoms with Gasteiger partial charge in [-0.05, 0) is 45.6 Å². The maximum Gasteiger partial charge on any atom is 0.00615 e. The van der Waals surface area contributed by atoms with Crippen molar-refractivity contribution < 1.29 is 0 Å². The molecule has 1 N–H and O–H groups in total. The number of allylic oxidation sites excluding steroid dienone is 1. The highest BCUT2D eigenvalue weighted by atomic mass is 14.9. The van der Waals surface area contributed by atoms with E-state index in [4.69, 9.17) is 0 Å². The summed E-state index contributed by atoms with van der Waals surface area (Å²) in [6, 6.07) is 0.702. The predicted molar refractivity (Wildman–Crippen MR) is 70.3 cm³/mol. The second kappa shape index (κ2) is 10.2. The average molecular weight is 211 g/mol. The summed E-state index contributed by atoms with van der Waals surface area (Å²) < 4.78 is 0. The molecule has 0 saturated heterocycles. The van der Waals surface area contributed by atoms with Crippen LogP contribution in [0, 0.1) is 0 Å². The van der Waals surface area contributed by atoms with Crippen molar-refractivity contribution in [3.05, 3.63) is 12.2 Å². The molecule has 0 spiro atoms. The Balaban J connectivity index is 3.37. The summed E-state index contributed by atoms with van der Waals surface area (Å²) in [5.41, 5.74) is 1.45. The van der Waals surface area contributed by atoms with E-state index in [1.54, 1.807) is 0 Å². The van der Waals surface area contributed by atoms with Crippen molar-refractivity contribution >= 4 is 0 Å². The average Bonchev–Trinajstić information content (AvgIpc) is 2.25. The first kappa shape index (κ1) is 14.7. The van der Waals surface area contributed by atoms with Crippen LogP contribution in [-0.4, -0.2) is 13.1 Å². The van der Waals surface area contributed by atoms with Crippen LogP contribution in [0.25, 0.3) is 0 Å². The maximum absolute atomic E-state index is 4.15. The Kier molecular flexibility index (Phi) is 10.0. The molecule has 90 valence electrons. The van der Waals surface area contributed by atoms with E-state index in [9.17, 15) is 0 Å². The minimum absolute atomic E-state index is 0.702. The molecule has 0 radical (unpaired) electrons. The summed E-state index contributed by atoms with van der Waals surface area (Å²) >= 11 is 0. The van der Waals surface area contributed by atoms with Gasteiger partial charge < -0.3 is 5.32 Å². The number of hydrogen-bond acceptors (Lipinski definition) is 1. The Morgan fingerprint density at radius 1 is 1.13 bits per heavy atom. The van der Waals surface area contributed by atoms with Gasteiger partial charge in [-0.25, -0.2) is 0 Å². The quantitative estimate of drug-likeness (QED) is 0.420. The van der Waals surface area contributed by atoms with Gasteiger partial charge in [-0.1, -0.05) is 38.8 Å². The molecule has 1 nitrogen and oxygen atoms in total. The van der Waals surface area contributed by atoms with E-state index in [-0.39, 0.29) is 0 Å². The molecule has 0 aromatic heterocycles. The van der Waals surface area contributed by atoms with Crippen LogP contribution in [0.5, 0.6) is 0 Å². The molecule has 0 aliphatic rings. The van der Waals surface area contributed by atoms with Crippen LogP contribution < -0.4 is 5.32 Å². The van der Waals surface area contributed by atoms with Gasteiger partial charge in [0.05, 0.1) is 0 Å². The van der Waals surface area contributed by atoms with Crippen molar-refractivity contribution in [3.8, 4) is 0 Å². The largest absolute Gasteiger partial charge is 0.317 e. The van der Waals surface area contributed by atoms with Crippen LogP contribution in [0.15, 0.2) is 12.2 Å². The van der Waals surface area contributed by atoms with Gasteiger partial charge in [0.1, 0.15) is 0 Å². The molecule has 0 aliphatic heterocycles. The zero-order chi connectivity index (χ0) is 11.5. The minimum Gasteiger partial charge on any atom is -0.317 e. The Morgan fingerprint density at radius 3 is 2.33 bits per heavy atom. The summed E-state index contributed by atoms with van der Waals surface area (Å²) in [5.74, 6) is 0. The van der Waals surface area contributed by atoms with Crippen molar-refractivity contribution in [3.63, 3.8) is 0 Å². The molecule has 0 rings (SSSR count). The second-order valence-corrected chi connectivity index (χ2v) is 4.49. The molecular formula is C14H29N. The van der Waals surface area contributed by atoms with E-state index in [1.807, 2.05) is 0 Å². The van der Waals surface area contributed by atoms with Crippen molar-refractivity contribution in [1.29, 1.82) is 0 Å². The fraction of sp³-hybridized carbons (Fsp3) is 0.857. The number of hydrogen-bond donors (Lipinski definition) is 1. The minimum atomic E-state index is 0.702. The highest BCUT2D eigenvalue weighted by molar-refractivity contribution is 4.93. The molecule has 1 atom stereocenters. The van der Waals surface area contributed by atoms with E-state index in [0.717, 1.165) is 0 Å². The van der Waals surface area contributed by atoms with Gasteiger partial charge >= 0.3 is 0 Å². The summed E-state index contributed by atoms with van der Waals surface area (Å²) in [6.45, 7) is 8.65. The van der Waals surface area contributed by atoms with Gasteiger partial charge in [0.25, 0.3) is 0 Å². The second-order valence-electron chi connectivity index (χ2n) is 4.49. The van der Waals surface area contributed by atoms with Crippen LogP contribution in [-0.2, 0) is 0 Å². The van der Waals surface area contributed by atoms with Crippen LogP contribution >= 0.6 is 0 Å². The van der Waals surface area contributed by atoms with Crippen LogP contribution in [0.4, 0.5) is 0 Å². The van der Waals surface area contributed by atoms with Gasteiger partial charge in [-0.15, -0.1) is 0 Å². The maximum atomic E-state index is 4.15. The summed E-state index contributed by atoms with van der Waals surface area (Å²) in [5, 5.41) is 3.35. The molecule has 0 aromatic rings. The molecule has 0 saturated carbocycles. The SMILES string of the molecule is C=C(CCCCC)CCCC(CC)NC. The van der Waals surface area contributed by atoms with Crippen LogP contribution in [0.1, 0.15) is 65.2 Å². The Morgan fingerprint density at radius 2 is 1.80 bits per heavy atom. The number of nitrogens with one attached hydrogen (secondary N) is 1. The lowest BCUT2D eigenvalue weighted by Gasteiger charge is -2.13. The molecule has 1 heteroatoms. The normalized spacial score (nSPS) is 12.7. The highest BCUT2D eigenvalue weighted by Crippen LogP contribution is 2.15. The van der Waals surface area contributed by atoms with Gasteiger partial charge in [-0.3, -0.25) is 0 Å². The molecule has 0 aromatic carbocycles. The third-order valence-electron chi connectivity index (χ3n) is 3.12. The molecule has 0 heterocycles. The monoisotopic (exact) mass is 211 g/mol. The third-order valence-corrected chi connectivity index (χ3v) is 3.12. The van der Waals surface area contributed by atoms with Gasteiger partial charge in [0.2, 0.25) is 0 Å². The van der Waals surface area contributed by atoms with Gasteiger partial charge in [-0.2, -0.15) is 0 Å². The van der Waals surface area contributed by atoms with Crippen molar-refractivity contribution in [1.82, 2.24) is 5.32 Å². The lowest BCUT2D eigenvalue weighted by molar-refractivity contribution is 0.489. The predicted octanol–water partition coefficient (Wildman–Crippen LogP) is 4.29. The van der Waals surface area contributed by atoms with E-state index < -0.39 is 0 Å². The molecule has 1 unspecified atom stereocenters. The topological polar surface area (TPSA) is 12.0 Å². The lowest BCUT2D eigenvalue weighted by Crippen LogP contribution is -2.23. The van der Waals surface area contributed by atoms with Gasteiger partial charge in [0.15, 0.2) is 0 Å². The molecule has 15 heavy (non-hydrogen) atoms. The van der Waals surface area contributed by atoms with Gasteiger partial charge in [0, 0.05) is 6.04 Å². The summed E-state index contributed by atoms with van der Waals surface area (Å²) in [6.07, 6.45) is 10.3. The number of rotatable bonds is 10. The van der Waals surface area contributed by atoms with Crippen LogP contribution in [0.3, 0.4) is 0 Å².